The number of aryl methyl sites for hydroxylation is 2. The molecule has 2 aromatic carbocycles. The Balaban J connectivity index is 1.46. The molecular weight excluding hydrogens is 627 g/mol. The van der Waals surface area contributed by atoms with E-state index in [1.807, 2.05) is 50.2 Å². The minimum atomic E-state index is -4.16. The maximum atomic E-state index is 14.5. The largest absolute Gasteiger partial charge is 0.475 e. The third-order valence-corrected chi connectivity index (χ3v) is 10.2. The Hall–Kier alpha value is -4.35. The van der Waals surface area contributed by atoms with Gasteiger partial charge in [0, 0.05) is 42.0 Å². The summed E-state index contributed by atoms with van der Waals surface area (Å²) in [7, 11) is -4.16. The van der Waals surface area contributed by atoms with Crippen LogP contribution in [0.1, 0.15) is 78.8 Å². The Morgan fingerprint density at radius 3 is 2.35 bits per heavy atom. The van der Waals surface area contributed by atoms with Gasteiger partial charge in [-0.2, -0.15) is 4.98 Å². The van der Waals surface area contributed by atoms with Gasteiger partial charge in [0.2, 0.25) is 11.8 Å². The van der Waals surface area contributed by atoms with Crippen LogP contribution in [0.2, 0.25) is 0 Å². The van der Waals surface area contributed by atoms with Crippen LogP contribution in [0.25, 0.3) is 11.3 Å². The molecule has 0 aliphatic carbocycles. The number of anilines is 1. The minimum Gasteiger partial charge on any atom is -0.475 e. The molecule has 1 saturated heterocycles. The first-order valence-corrected chi connectivity index (χ1v) is 17.9. The third-order valence-electron chi connectivity index (χ3n) is 8.83. The second-order valence-corrected chi connectivity index (χ2v) is 15.6. The molecule has 252 valence electrons. The van der Waals surface area contributed by atoms with Gasteiger partial charge in [-0.05, 0) is 80.0 Å². The fourth-order valence-corrected chi connectivity index (χ4v) is 7.52. The van der Waals surface area contributed by atoms with Gasteiger partial charge in [0.1, 0.15) is 6.61 Å². The lowest BCUT2D eigenvalue weighted by atomic mass is 9.87. The number of ether oxygens (including phenoxy) is 2. The van der Waals surface area contributed by atoms with Crippen molar-refractivity contribution in [3.63, 3.8) is 0 Å². The highest BCUT2D eigenvalue weighted by Gasteiger charge is 2.32. The summed E-state index contributed by atoms with van der Waals surface area (Å²) >= 11 is 0. The summed E-state index contributed by atoms with van der Waals surface area (Å²) in [4.78, 5) is 30.3. The Bertz CT molecular complexity index is 1900. The van der Waals surface area contributed by atoms with Crippen molar-refractivity contribution in [3.8, 4) is 17.1 Å². The monoisotopic (exact) mass is 669 g/mol. The first-order valence-electron chi connectivity index (χ1n) is 16.4. The number of nitrogens with one attached hydrogen (secondary N) is 1. The number of nitrogens with zero attached hydrogens (tertiary/aromatic N) is 4. The van der Waals surface area contributed by atoms with E-state index in [0.717, 1.165) is 40.9 Å². The van der Waals surface area contributed by atoms with Crippen molar-refractivity contribution in [1.82, 2.24) is 19.9 Å². The summed E-state index contributed by atoms with van der Waals surface area (Å²) in [6.07, 6.45) is 2.41. The molecule has 2 aliphatic rings. The average molecular weight is 670 g/mol. The van der Waals surface area contributed by atoms with Crippen molar-refractivity contribution in [2.24, 2.45) is 5.41 Å². The first kappa shape index (κ1) is 33.5. The van der Waals surface area contributed by atoms with Crippen molar-refractivity contribution in [1.29, 1.82) is 0 Å². The highest BCUT2D eigenvalue weighted by Crippen LogP contribution is 2.32. The standard InChI is InChI=1S/C37H43N5O5S/c1-24-9-6-10-25(2)34(24)32-20-33-40-36(39-32)41-48(44,45)30-13-7-11-27(19-30)35(43)42(29(23-47-33)21-37(3,4)5)22-28-12-8-14-31(38-28)26-15-17-46-18-16-26/h6-14,19-20,26,29H,15-18,21-23H2,1-5H3,(H,39,40,41)/t29-/m1/s1. The van der Waals surface area contributed by atoms with E-state index in [4.69, 9.17) is 14.5 Å². The van der Waals surface area contributed by atoms with Crippen LogP contribution in [0.5, 0.6) is 5.88 Å². The van der Waals surface area contributed by atoms with Gasteiger partial charge in [0.15, 0.2) is 0 Å². The average Bonchev–Trinajstić information content (AvgIpc) is 3.05. The summed E-state index contributed by atoms with van der Waals surface area (Å²) in [5.74, 6) is 0.0822. The molecule has 10 nitrogen and oxygen atoms in total. The molecule has 1 amide bonds. The van der Waals surface area contributed by atoms with Gasteiger partial charge in [-0.1, -0.05) is 51.1 Å². The van der Waals surface area contributed by atoms with Gasteiger partial charge in [-0.3, -0.25) is 9.78 Å². The third kappa shape index (κ3) is 7.68. The quantitative estimate of drug-likeness (QED) is 0.249. The molecule has 2 aromatic heterocycles. The van der Waals surface area contributed by atoms with Crippen LogP contribution in [0.3, 0.4) is 0 Å². The van der Waals surface area contributed by atoms with Crippen LogP contribution in [0, 0.1) is 19.3 Å². The summed E-state index contributed by atoms with van der Waals surface area (Å²) in [6.45, 7) is 12.1. The molecule has 0 unspecified atom stereocenters. The Kier molecular flexibility index (Phi) is 9.53. The smallest absolute Gasteiger partial charge is 0.264 e. The number of amides is 1. The molecule has 6 rings (SSSR count). The molecule has 4 aromatic rings. The summed E-state index contributed by atoms with van der Waals surface area (Å²) < 4.78 is 41.9. The van der Waals surface area contributed by atoms with Gasteiger partial charge in [-0.15, -0.1) is 0 Å². The van der Waals surface area contributed by atoms with Crippen molar-refractivity contribution >= 4 is 21.9 Å². The summed E-state index contributed by atoms with van der Waals surface area (Å²) in [5, 5.41) is 0. The van der Waals surface area contributed by atoms with E-state index >= 15 is 0 Å². The molecule has 1 atom stereocenters. The lowest BCUT2D eigenvalue weighted by Crippen LogP contribution is -2.45. The number of pyridine rings is 1. The van der Waals surface area contributed by atoms with E-state index < -0.39 is 16.1 Å². The predicted molar refractivity (Wildman–Crippen MR) is 184 cm³/mol. The van der Waals surface area contributed by atoms with Crippen molar-refractivity contribution < 1.29 is 22.7 Å². The number of aromatic nitrogens is 3. The summed E-state index contributed by atoms with van der Waals surface area (Å²) in [6, 6.07) is 19.3. The molecule has 4 heterocycles. The van der Waals surface area contributed by atoms with Gasteiger partial charge >= 0.3 is 0 Å². The highest BCUT2D eigenvalue weighted by atomic mass is 32.2. The molecule has 2 aliphatic heterocycles. The molecule has 0 radical (unpaired) electrons. The molecule has 0 spiro atoms. The number of hydrogen-bond acceptors (Lipinski definition) is 8. The Morgan fingerprint density at radius 2 is 1.62 bits per heavy atom. The van der Waals surface area contributed by atoms with Crippen LogP contribution in [-0.2, 0) is 21.3 Å². The zero-order chi connectivity index (χ0) is 34.1. The van der Waals surface area contributed by atoms with E-state index in [1.54, 1.807) is 23.1 Å². The molecular formula is C37H43N5O5S. The first-order chi connectivity index (χ1) is 22.9. The molecule has 1 N–H and O–H groups in total. The van der Waals surface area contributed by atoms with E-state index in [2.05, 4.69) is 35.5 Å². The number of carbonyl (C=O) groups excluding carboxylic acids is 1. The van der Waals surface area contributed by atoms with Gasteiger partial charge in [0.05, 0.1) is 28.9 Å². The number of carbonyl (C=O) groups is 1. The van der Waals surface area contributed by atoms with Crippen LogP contribution in [0.4, 0.5) is 5.95 Å². The van der Waals surface area contributed by atoms with Crippen molar-refractivity contribution in [2.45, 2.75) is 77.3 Å². The number of rotatable bonds is 5. The minimum absolute atomic E-state index is 0.0666. The van der Waals surface area contributed by atoms with E-state index in [1.165, 1.54) is 12.1 Å². The Labute approximate surface area is 283 Å². The fraction of sp³-hybridized carbons (Fsp3) is 0.405. The normalized spacial score (nSPS) is 18.6. The maximum Gasteiger partial charge on any atom is 0.264 e. The zero-order valence-electron chi connectivity index (χ0n) is 28.2. The van der Waals surface area contributed by atoms with Crippen molar-refractivity contribution in [2.75, 3.05) is 24.5 Å². The summed E-state index contributed by atoms with van der Waals surface area (Å²) in [5.41, 5.74) is 5.19. The van der Waals surface area contributed by atoms with E-state index in [9.17, 15) is 13.2 Å². The second-order valence-electron chi connectivity index (χ2n) is 13.9. The lowest BCUT2D eigenvalue weighted by molar-refractivity contribution is 0.0508. The Morgan fingerprint density at radius 1 is 0.917 bits per heavy atom. The van der Waals surface area contributed by atoms with Crippen molar-refractivity contribution in [3.05, 3.63) is 94.8 Å². The molecule has 48 heavy (non-hydrogen) atoms. The molecule has 1 fully saturated rings. The van der Waals surface area contributed by atoms with Gasteiger partial charge in [0.25, 0.3) is 15.9 Å². The van der Waals surface area contributed by atoms with Crippen LogP contribution >= 0.6 is 0 Å². The predicted octanol–water partition coefficient (Wildman–Crippen LogP) is 6.69. The maximum absolute atomic E-state index is 14.5. The lowest BCUT2D eigenvalue weighted by Gasteiger charge is -2.35. The van der Waals surface area contributed by atoms with Gasteiger partial charge < -0.3 is 14.4 Å². The second kappa shape index (κ2) is 13.6. The number of benzene rings is 2. The van der Waals surface area contributed by atoms with Gasteiger partial charge in [-0.25, -0.2) is 18.1 Å². The molecule has 4 bridgehead atoms. The SMILES string of the molecule is Cc1cccc(C)c1-c1cc2nc(n1)NS(=O)(=O)c1cccc(c1)C(=O)N(Cc1cccc(C3CCOCC3)n1)[C@H](CC(C)(C)C)CO2. The topological polar surface area (TPSA) is 124 Å². The number of sulfonamides is 1. The van der Waals surface area contributed by atoms with Crippen LogP contribution in [-0.4, -0.2) is 60.0 Å². The number of fused-ring (bicyclic) bond motifs is 4. The number of hydrogen-bond donors (Lipinski definition) is 1. The molecule has 11 heteroatoms. The van der Waals surface area contributed by atoms with E-state index in [-0.39, 0.29) is 46.8 Å². The van der Waals surface area contributed by atoms with Crippen LogP contribution < -0.4 is 9.46 Å². The van der Waals surface area contributed by atoms with E-state index in [0.29, 0.717) is 31.2 Å². The van der Waals surface area contributed by atoms with Crippen LogP contribution in [0.15, 0.2) is 71.6 Å². The fourth-order valence-electron chi connectivity index (χ4n) is 6.53. The highest BCUT2D eigenvalue weighted by molar-refractivity contribution is 7.92. The zero-order valence-corrected chi connectivity index (χ0v) is 29.0. The molecule has 0 saturated carbocycles.